The molecule has 0 saturated heterocycles. The number of amides is 2. The van der Waals surface area contributed by atoms with Crippen molar-refractivity contribution in [1.29, 1.82) is 0 Å². The van der Waals surface area contributed by atoms with Crippen LogP contribution in [0.5, 0.6) is 0 Å². The van der Waals surface area contributed by atoms with Gasteiger partial charge in [0, 0.05) is 5.39 Å². The van der Waals surface area contributed by atoms with Crippen molar-refractivity contribution in [3.8, 4) is 11.1 Å². The monoisotopic (exact) mass is 598 g/mol. The summed E-state index contributed by atoms with van der Waals surface area (Å²) < 4.78 is 41.5. The van der Waals surface area contributed by atoms with Crippen LogP contribution in [0.2, 0.25) is 0 Å². The van der Waals surface area contributed by atoms with Gasteiger partial charge in [0.05, 0.1) is 11.9 Å². The molecular weight excluding hydrogens is 553 g/mol. The fraction of sp³-hybridized carbons (Fsp3) is 0.500. The summed E-state index contributed by atoms with van der Waals surface area (Å²) in [7, 11) is 0. The molecule has 234 valence electrons. The number of benzene rings is 2. The first-order valence-corrected chi connectivity index (χ1v) is 15.5. The Bertz CT molecular complexity index is 1330. The fourth-order valence-electron chi connectivity index (χ4n) is 5.61. The van der Waals surface area contributed by atoms with Gasteiger partial charge in [0.1, 0.15) is 11.2 Å². The first-order valence-electron chi connectivity index (χ1n) is 15.5. The third-order valence-electron chi connectivity index (χ3n) is 8.00. The average molecular weight is 599 g/mol. The number of fused-ring (bicyclic) bond motifs is 1. The van der Waals surface area contributed by atoms with Crippen molar-refractivity contribution in [1.82, 2.24) is 10.3 Å². The highest BCUT2D eigenvalue weighted by molar-refractivity contribution is 5.97. The lowest BCUT2D eigenvalue weighted by Crippen LogP contribution is -2.55. The molecule has 9 heteroatoms. The molecule has 0 spiro atoms. The van der Waals surface area contributed by atoms with Crippen molar-refractivity contribution in [2.75, 3.05) is 6.54 Å². The number of halogens is 3. The summed E-state index contributed by atoms with van der Waals surface area (Å²) in [6.45, 7) is 2.61. The van der Waals surface area contributed by atoms with Crippen LogP contribution in [0.1, 0.15) is 102 Å². The van der Waals surface area contributed by atoms with Gasteiger partial charge in [-0.2, -0.15) is 13.2 Å². The molecule has 0 aliphatic carbocycles. The van der Waals surface area contributed by atoms with Gasteiger partial charge >= 0.3 is 6.18 Å². The van der Waals surface area contributed by atoms with Crippen molar-refractivity contribution < 1.29 is 22.8 Å². The first-order chi connectivity index (χ1) is 20.6. The van der Waals surface area contributed by atoms with E-state index in [4.69, 9.17) is 11.5 Å². The molecule has 43 heavy (non-hydrogen) atoms. The Balaban J connectivity index is 1.75. The molecule has 1 unspecified atom stereocenters. The molecule has 2 amide bonds. The minimum absolute atomic E-state index is 0.0356. The summed E-state index contributed by atoms with van der Waals surface area (Å²) in [6.07, 6.45) is 8.98. The molecule has 2 aromatic carbocycles. The Kier molecular flexibility index (Phi) is 13.0. The number of primary amides is 2. The molecule has 0 radical (unpaired) electrons. The number of alkyl halides is 3. The van der Waals surface area contributed by atoms with Crippen LogP contribution < -0.4 is 16.8 Å². The number of carbonyl (C=O) groups excluding carboxylic acids is 2. The number of hydrogen-bond donors (Lipinski definition) is 3. The van der Waals surface area contributed by atoms with E-state index in [1.54, 1.807) is 42.5 Å². The van der Waals surface area contributed by atoms with E-state index in [0.717, 1.165) is 31.7 Å². The van der Waals surface area contributed by atoms with Crippen LogP contribution in [0.25, 0.3) is 22.0 Å². The minimum atomic E-state index is -4.69. The van der Waals surface area contributed by atoms with Gasteiger partial charge in [-0.25, -0.2) is 4.98 Å². The highest BCUT2D eigenvalue weighted by Crippen LogP contribution is 2.37. The summed E-state index contributed by atoms with van der Waals surface area (Å²) in [4.78, 5) is 28.9. The summed E-state index contributed by atoms with van der Waals surface area (Å²) in [5.74, 6) is -1.59. The Morgan fingerprint density at radius 1 is 0.791 bits per heavy atom. The molecule has 0 aliphatic heterocycles. The normalized spacial score (nSPS) is 13.2. The van der Waals surface area contributed by atoms with Crippen molar-refractivity contribution in [3.63, 3.8) is 0 Å². The van der Waals surface area contributed by atoms with Crippen LogP contribution in [0.4, 0.5) is 13.2 Å². The number of rotatable bonds is 19. The van der Waals surface area contributed by atoms with Gasteiger partial charge in [-0.3, -0.25) is 14.9 Å². The summed E-state index contributed by atoms with van der Waals surface area (Å²) in [5, 5.41) is 3.62. The first kappa shape index (κ1) is 34.0. The van der Waals surface area contributed by atoms with E-state index in [2.05, 4.69) is 17.2 Å². The van der Waals surface area contributed by atoms with Gasteiger partial charge in [-0.05, 0) is 41.8 Å². The molecule has 3 rings (SSSR count). The summed E-state index contributed by atoms with van der Waals surface area (Å²) in [5.41, 5.74) is 9.89. The third kappa shape index (κ3) is 9.78. The topological polar surface area (TPSA) is 111 Å². The lowest BCUT2D eigenvalue weighted by molar-refractivity contribution is -0.141. The van der Waals surface area contributed by atoms with Gasteiger partial charge < -0.3 is 11.5 Å². The van der Waals surface area contributed by atoms with Crippen LogP contribution in [-0.2, 0) is 21.3 Å². The lowest BCUT2D eigenvalue weighted by atomic mass is 9.84. The van der Waals surface area contributed by atoms with Crippen LogP contribution in [0, 0.1) is 0 Å². The van der Waals surface area contributed by atoms with Gasteiger partial charge in [-0.15, -0.1) is 0 Å². The van der Waals surface area contributed by atoms with Crippen molar-refractivity contribution in [3.05, 3.63) is 65.9 Å². The van der Waals surface area contributed by atoms with Crippen LogP contribution in [0.15, 0.2) is 54.6 Å². The zero-order valence-electron chi connectivity index (χ0n) is 25.1. The van der Waals surface area contributed by atoms with Crippen LogP contribution in [-0.4, -0.2) is 23.3 Å². The minimum Gasteiger partial charge on any atom is -0.370 e. The number of pyridine rings is 1. The maximum Gasteiger partial charge on any atom is 0.433 e. The second-order valence-corrected chi connectivity index (χ2v) is 11.4. The molecule has 3 aromatic rings. The second-order valence-electron chi connectivity index (χ2n) is 11.4. The van der Waals surface area contributed by atoms with E-state index < -0.39 is 35.6 Å². The van der Waals surface area contributed by atoms with E-state index in [0.29, 0.717) is 23.1 Å². The summed E-state index contributed by atoms with van der Waals surface area (Å²) in [6, 6.07) is 14.4. The number of carbonyl (C=O) groups is 2. The summed E-state index contributed by atoms with van der Waals surface area (Å²) >= 11 is 0. The van der Waals surface area contributed by atoms with E-state index in [9.17, 15) is 22.8 Å². The number of nitrogens with two attached hydrogens (primary N) is 2. The van der Waals surface area contributed by atoms with Crippen molar-refractivity contribution >= 4 is 22.7 Å². The van der Waals surface area contributed by atoms with E-state index >= 15 is 0 Å². The second kappa shape index (κ2) is 16.4. The lowest BCUT2D eigenvalue weighted by Gasteiger charge is -2.32. The zero-order chi connectivity index (χ0) is 31.3. The van der Waals surface area contributed by atoms with E-state index in [1.807, 2.05) is 0 Å². The van der Waals surface area contributed by atoms with Crippen LogP contribution >= 0.6 is 0 Å². The Morgan fingerprint density at radius 3 is 1.91 bits per heavy atom. The maximum absolute atomic E-state index is 13.8. The molecule has 1 aromatic heterocycles. The smallest absolute Gasteiger partial charge is 0.370 e. The molecule has 0 saturated carbocycles. The predicted molar refractivity (Wildman–Crippen MR) is 166 cm³/mol. The SMILES string of the molecule is CCCCCCCCCCCCCCNC(CC(N)=O)(C(N)=O)c1ccc2c(-c3ccccc3)cc(C(F)(F)F)nc2c1. The largest absolute Gasteiger partial charge is 0.433 e. The van der Waals surface area contributed by atoms with Gasteiger partial charge in [0.15, 0.2) is 0 Å². The van der Waals surface area contributed by atoms with E-state index in [-0.39, 0.29) is 11.1 Å². The molecule has 0 aliphatic rings. The Morgan fingerprint density at radius 2 is 1.37 bits per heavy atom. The number of aromatic nitrogens is 1. The van der Waals surface area contributed by atoms with Gasteiger partial charge in [-0.1, -0.05) is 120 Å². The highest BCUT2D eigenvalue weighted by atomic mass is 19.4. The quantitative estimate of drug-likeness (QED) is 0.122. The fourth-order valence-corrected chi connectivity index (χ4v) is 5.61. The van der Waals surface area contributed by atoms with E-state index in [1.165, 1.54) is 57.4 Å². The van der Waals surface area contributed by atoms with Gasteiger partial charge in [0.2, 0.25) is 11.8 Å². The number of unbranched alkanes of at least 4 members (excludes halogenated alkanes) is 11. The van der Waals surface area contributed by atoms with Crippen molar-refractivity contribution in [2.45, 2.75) is 102 Å². The zero-order valence-corrected chi connectivity index (χ0v) is 25.1. The molecule has 1 heterocycles. The third-order valence-corrected chi connectivity index (χ3v) is 8.00. The molecular formula is C34H45F3N4O2. The Labute approximate surface area is 252 Å². The molecule has 6 nitrogen and oxygen atoms in total. The number of nitrogens with one attached hydrogen (secondary N) is 1. The van der Waals surface area contributed by atoms with Crippen LogP contribution in [0.3, 0.4) is 0 Å². The van der Waals surface area contributed by atoms with Crippen molar-refractivity contribution in [2.24, 2.45) is 11.5 Å². The molecule has 0 bridgehead atoms. The molecule has 5 N–H and O–H groups in total. The number of nitrogens with zero attached hydrogens (tertiary/aromatic N) is 1. The number of hydrogen-bond acceptors (Lipinski definition) is 4. The van der Waals surface area contributed by atoms with Gasteiger partial charge in [0.25, 0.3) is 0 Å². The highest BCUT2D eigenvalue weighted by Gasteiger charge is 2.40. The standard InChI is InChI=1S/C34H45F3N4O2/c1-2-3-4-5-6-7-8-9-10-11-12-16-21-40-33(32(39)43,24-31(38)42)26-19-20-27-28(25-17-14-13-15-18-25)23-30(34(35,36)37)41-29(27)22-26/h13-15,17-20,22-23,40H,2-12,16,21,24H2,1H3,(H2,38,42)(H2,39,43). The predicted octanol–water partition coefficient (Wildman–Crippen LogP) is 7.77. The average Bonchev–Trinajstić information content (AvgIpc) is 2.97. The maximum atomic E-state index is 13.8. The molecule has 1 atom stereocenters. The molecule has 0 fully saturated rings. The Hall–Kier alpha value is -3.46.